The Bertz CT molecular complexity index is 819. The first kappa shape index (κ1) is 20.7. The summed E-state index contributed by atoms with van der Waals surface area (Å²) >= 11 is 3.47. The van der Waals surface area contributed by atoms with Gasteiger partial charge in [-0.1, -0.05) is 80.3 Å². The lowest BCUT2D eigenvalue weighted by molar-refractivity contribution is 0.820. The zero-order chi connectivity index (χ0) is 19.1. The summed E-state index contributed by atoms with van der Waals surface area (Å²) in [6.45, 7) is 8.78. The minimum Gasteiger partial charge on any atom is -0.264 e. The quantitative estimate of drug-likeness (QED) is 0.421. The molecule has 0 atom stereocenters. The van der Waals surface area contributed by atoms with Crippen molar-refractivity contribution in [2.45, 2.75) is 52.3 Å². The van der Waals surface area contributed by atoms with Crippen LogP contribution in [0.5, 0.6) is 0 Å². The molecule has 26 heavy (non-hydrogen) atoms. The highest BCUT2D eigenvalue weighted by Gasteiger charge is 2.03. The lowest BCUT2D eigenvalue weighted by atomic mass is 9.94. The summed E-state index contributed by atoms with van der Waals surface area (Å²) in [4.78, 5) is 4.23. The summed E-state index contributed by atoms with van der Waals surface area (Å²) in [5, 5.41) is 2.58. The van der Waals surface area contributed by atoms with E-state index in [0.717, 1.165) is 10.9 Å². The first-order chi connectivity index (χ1) is 12.4. The van der Waals surface area contributed by atoms with Gasteiger partial charge in [-0.3, -0.25) is 4.98 Å². The number of rotatable bonds is 4. The molecule has 0 saturated heterocycles. The second-order valence-electron chi connectivity index (χ2n) is 7.18. The van der Waals surface area contributed by atoms with Gasteiger partial charge in [-0.2, -0.15) is 0 Å². The number of aromatic nitrogens is 1. The van der Waals surface area contributed by atoms with Crippen LogP contribution in [0.15, 0.2) is 59.3 Å². The number of fused-ring (bicyclic) bond motifs is 1. The first-order valence-electron chi connectivity index (χ1n) is 9.24. The highest BCUT2D eigenvalue weighted by atomic mass is 79.9. The van der Waals surface area contributed by atoms with Gasteiger partial charge in [0.25, 0.3) is 0 Å². The van der Waals surface area contributed by atoms with Gasteiger partial charge < -0.3 is 0 Å². The first-order valence-corrected chi connectivity index (χ1v) is 10.0. The molecule has 0 fully saturated rings. The molecule has 0 spiro atoms. The molecule has 0 aliphatic carbocycles. The Morgan fingerprint density at radius 3 is 2.15 bits per heavy atom. The predicted molar refractivity (Wildman–Crippen MR) is 118 cm³/mol. The number of hydrogen-bond acceptors (Lipinski definition) is 1. The molecule has 134 valence electrons. The van der Waals surface area contributed by atoms with E-state index in [1.165, 1.54) is 27.5 Å². The molecule has 0 saturated carbocycles. The molecular formula is C23H27BBrN. The second-order valence-corrected chi connectivity index (χ2v) is 8.10. The van der Waals surface area contributed by atoms with Crippen LogP contribution in [0.2, 0.25) is 6.32 Å². The molecule has 2 radical (unpaired) electrons. The van der Waals surface area contributed by atoms with Crippen LogP contribution in [-0.2, 0) is 6.42 Å². The van der Waals surface area contributed by atoms with E-state index < -0.39 is 0 Å². The van der Waals surface area contributed by atoms with E-state index in [1.54, 1.807) is 0 Å². The average Bonchev–Trinajstić information content (AvgIpc) is 2.62. The third kappa shape index (κ3) is 5.70. The van der Waals surface area contributed by atoms with E-state index in [0.29, 0.717) is 18.2 Å². The Kier molecular flexibility index (Phi) is 7.90. The normalized spacial score (nSPS) is 10.9. The highest BCUT2D eigenvalue weighted by molar-refractivity contribution is 9.10. The monoisotopic (exact) mass is 407 g/mol. The Morgan fingerprint density at radius 2 is 1.58 bits per heavy atom. The summed E-state index contributed by atoms with van der Waals surface area (Å²) in [6, 6.07) is 15.0. The topological polar surface area (TPSA) is 12.9 Å². The molecule has 0 aliphatic heterocycles. The molecule has 3 heteroatoms. The summed E-state index contributed by atoms with van der Waals surface area (Å²) in [7, 11) is 5.57. The molecular weight excluding hydrogens is 381 g/mol. The Labute approximate surface area is 167 Å². The van der Waals surface area contributed by atoms with E-state index in [1.807, 2.05) is 12.4 Å². The molecule has 3 rings (SSSR count). The summed E-state index contributed by atoms with van der Waals surface area (Å²) in [5.41, 5.74) is 4.00. The largest absolute Gasteiger partial charge is 0.264 e. The molecule has 0 bridgehead atoms. The predicted octanol–water partition coefficient (Wildman–Crippen LogP) is 7.06. The maximum absolute atomic E-state index is 5.57. The molecule has 1 heterocycles. The zero-order valence-corrected chi connectivity index (χ0v) is 17.8. The molecule has 0 aliphatic rings. The van der Waals surface area contributed by atoms with Crippen molar-refractivity contribution in [3.63, 3.8) is 0 Å². The van der Waals surface area contributed by atoms with Gasteiger partial charge in [0.1, 0.15) is 0 Å². The number of halogens is 1. The minimum absolute atomic E-state index is 0.580. The van der Waals surface area contributed by atoms with Gasteiger partial charge in [0.2, 0.25) is 0 Å². The molecule has 1 nitrogen and oxygen atoms in total. The van der Waals surface area contributed by atoms with Crippen LogP contribution >= 0.6 is 15.9 Å². The zero-order valence-electron chi connectivity index (χ0n) is 16.2. The summed E-state index contributed by atoms with van der Waals surface area (Å²) in [6.07, 6.45) is 5.56. The SMILES string of the molecule is CC(C)c1cncc(C(C)C)c1.[B]CCc1cccc2cc(Br)ccc12. The van der Waals surface area contributed by atoms with Gasteiger partial charge in [0.05, 0.1) is 7.85 Å². The van der Waals surface area contributed by atoms with Crippen molar-refractivity contribution in [3.8, 4) is 0 Å². The van der Waals surface area contributed by atoms with Gasteiger partial charge in [-0.05, 0) is 57.9 Å². The van der Waals surface area contributed by atoms with E-state index in [4.69, 9.17) is 7.85 Å². The Hall–Kier alpha value is -1.61. The lowest BCUT2D eigenvalue weighted by Crippen LogP contribution is -1.94. The number of pyridine rings is 1. The Balaban J connectivity index is 0.000000190. The van der Waals surface area contributed by atoms with Crippen LogP contribution in [0.25, 0.3) is 10.8 Å². The fourth-order valence-electron chi connectivity index (χ4n) is 2.80. The molecule has 1 aromatic heterocycles. The molecule has 0 unspecified atom stereocenters. The number of aryl methyl sites for hydroxylation is 1. The lowest BCUT2D eigenvalue weighted by Gasteiger charge is -2.09. The number of benzene rings is 2. The van der Waals surface area contributed by atoms with Crippen LogP contribution in [-0.4, -0.2) is 12.8 Å². The third-order valence-electron chi connectivity index (χ3n) is 4.46. The minimum atomic E-state index is 0.580. The van der Waals surface area contributed by atoms with Crippen molar-refractivity contribution in [2.24, 2.45) is 0 Å². The smallest absolute Gasteiger partial charge is 0.0657 e. The van der Waals surface area contributed by atoms with Crippen LogP contribution < -0.4 is 0 Å². The van der Waals surface area contributed by atoms with Crippen molar-refractivity contribution in [2.75, 3.05) is 0 Å². The maximum Gasteiger partial charge on any atom is 0.0657 e. The van der Waals surface area contributed by atoms with E-state index in [-0.39, 0.29) is 0 Å². The van der Waals surface area contributed by atoms with Crippen LogP contribution in [0.4, 0.5) is 0 Å². The van der Waals surface area contributed by atoms with Crippen LogP contribution in [0.1, 0.15) is 56.2 Å². The van der Waals surface area contributed by atoms with Gasteiger partial charge in [0, 0.05) is 16.9 Å². The van der Waals surface area contributed by atoms with Crippen molar-refractivity contribution in [1.82, 2.24) is 4.98 Å². The van der Waals surface area contributed by atoms with Crippen molar-refractivity contribution >= 4 is 34.5 Å². The fourth-order valence-corrected chi connectivity index (χ4v) is 3.18. The van der Waals surface area contributed by atoms with Gasteiger partial charge >= 0.3 is 0 Å². The molecule has 2 aromatic carbocycles. The highest BCUT2D eigenvalue weighted by Crippen LogP contribution is 2.23. The van der Waals surface area contributed by atoms with Gasteiger partial charge in [0.15, 0.2) is 0 Å². The van der Waals surface area contributed by atoms with Crippen LogP contribution in [0.3, 0.4) is 0 Å². The van der Waals surface area contributed by atoms with Crippen molar-refractivity contribution in [3.05, 3.63) is 76.0 Å². The van der Waals surface area contributed by atoms with E-state index in [2.05, 4.69) is 91.1 Å². The average molecular weight is 408 g/mol. The number of hydrogen-bond donors (Lipinski definition) is 0. The summed E-state index contributed by atoms with van der Waals surface area (Å²) < 4.78 is 1.12. The van der Waals surface area contributed by atoms with Gasteiger partial charge in [-0.15, -0.1) is 0 Å². The van der Waals surface area contributed by atoms with E-state index >= 15 is 0 Å². The Morgan fingerprint density at radius 1 is 0.923 bits per heavy atom. The van der Waals surface area contributed by atoms with Crippen molar-refractivity contribution in [1.29, 1.82) is 0 Å². The van der Waals surface area contributed by atoms with E-state index in [9.17, 15) is 0 Å². The van der Waals surface area contributed by atoms with Crippen LogP contribution in [0, 0.1) is 0 Å². The van der Waals surface area contributed by atoms with Gasteiger partial charge in [-0.25, -0.2) is 0 Å². The molecule has 0 N–H and O–H groups in total. The maximum atomic E-state index is 5.57. The third-order valence-corrected chi connectivity index (χ3v) is 4.95. The molecule has 0 amide bonds. The molecule has 3 aromatic rings. The fraction of sp³-hybridized carbons (Fsp3) is 0.348. The standard InChI is InChI=1S/C12H10BBr.C11H17N/c13-7-6-9-2-1-3-10-8-11(14)4-5-12(9)10;1-8(2)10-5-11(9(3)4)7-12-6-10/h1-5,8H,6-7H2;5-9H,1-4H3. The van der Waals surface area contributed by atoms with Crippen molar-refractivity contribution < 1.29 is 0 Å². The number of nitrogens with zero attached hydrogens (tertiary/aromatic N) is 1. The summed E-state index contributed by atoms with van der Waals surface area (Å²) in [5.74, 6) is 1.16. The second kappa shape index (κ2) is 9.92.